The third kappa shape index (κ3) is 4.51. The summed E-state index contributed by atoms with van der Waals surface area (Å²) >= 11 is 0. The molecule has 0 heterocycles. The van der Waals surface area contributed by atoms with Crippen molar-refractivity contribution >= 4 is 5.78 Å². The third-order valence-corrected chi connectivity index (χ3v) is 2.92. The smallest absolute Gasteiger partial charge is 0.300 e. The van der Waals surface area contributed by atoms with Crippen LogP contribution in [0.4, 0.5) is 13.2 Å². The summed E-state index contributed by atoms with van der Waals surface area (Å²) in [5.74, 6) is 0.180. The molecule has 0 radical (unpaired) electrons. The Bertz CT molecular complexity index is 230. The SMILES string of the molecule is CCCN(CC(F)(F)F)C1CCC(=O)CC1. The van der Waals surface area contributed by atoms with Gasteiger partial charge in [0.1, 0.15) is 5.78 Å². The van der Waals surface area contributed by atoms with E-state index in [4.69, 9.17) is 0 Å². The Morgan fingerprint density at radius 2 is 1.88 bits per heavy atom. The van der Waals surface area contributed by atoms with Crippen molar-refractivity contribution in [3.05, 3.63) is 0 Å². The van der Waals surface area contributed by atoms with Gasteiger partial charge in [0.25, 0.3) is 0 Å². The second-order valence-corrected chi connectivity index (χ2v) is 4.36. The standard InChI is InChI=1S/C11H18F3NO/c1-2-7-15(8-11(12,13)14)9-3-5-10(16)6-4-9/h9H,2-8H2,1H3. The summed E-state index contributed by atoms with van der Waals surface area (Å²) in [5, 5.41) is 0. The number of carbonyl (C=O) groups is 1. The fourth-order valence-corrected chi connectivity index (χ4v) is 2.20. The van der Waals surface area contributed by atoms with Crippen LogP contribution >= 0.6 is 0 Å². The molecule has 0 aromatic carbocycles. The van der Waals surface area contributed by atoms with Crippen molar-refractivity contribution in [1.82, 2.24) is 4.90 Å². The molecule has 16 heavy (non-hydrogen) atoms. The predicted octanol–water partition coefficient (Wildman–Crippen LogP) is 2.77. The lowest BCUT2D eigenvalue weighted by Gasteiger charge is -2.34. The monoisotopic (exact) mass is 237 g/mol. The Hall–Kier alpha value is -0.580. The molecule has 0 bridgehead atoms. The molecule has 1 rings (SSSR count). The summed E-state index contributed by atoms with van der Waals surface area (Å²) in [6.07, 6.45) is -1.41. The molecule has 0 atom stereocenters. The van der Waals surface area contributed by atoms with E-state index in [1.807, 2.05) is 6.92 Å². The molecule has 1 fully saturated rings. The first-order valence-corrected chi connectivity index (χ1v) is 5.75. The Morgan fingerprint density at radius 1 is 1.31 bits per heavy atom. The molecule has 0 aromatic rings. The number of hydrogen-bond donors (Lipinski definition) is 0. The van der Waals surface area contributed by atoms with Gasteiger partial charge in [-0.3, -0.25) is 9.69 Å². The van der Waals surface area contributed by atoms with Crippen LogP contribution in [0.3, 0.4) is 0 Å². The van der Waals surface area contributed by atoms with E-state index < -0.39 is 12.7 Å². The van der Waals surface area contributed by atoms with Gasteiger partial charge >= 0.3 is 6.18 Å². The van der Waals surface area contributed by atoms with Gasteiger partial charge in [0, 0.05) is 18.9 Å². The average Bonchev–Trinajstić information content (AvgIpc) is 2.16. The molecule has 2 nitrogen and oxygen atoms in total. The maximum Gasteiger partial charge on any atom is 0.401 e. The van der Waals surface area contributed by atoms with Crippen molar-refractivity contribution in [1.29, 1.82) is 0 Å². The van der Waals surface area contributed by atoms with Crippen LogP contribution in [-0.2, 0) is 4.79 Å². The van der Waals surface area contributed by atoms with E-state index in [9.17, 15) is 18.0 Å². The molecule has 0 aliphatic heterocycles. The number of rotatable bonds is 4. The molecule has 0 N–H and O–H groups in total. The Morgan fingerprint density at radius 3 is 2.31 bits per heavy atom. The maximum absolute atomic E-state index is 12.4. The fourth-order valence-electron chi connectivity index (χ4n) is 2.20. The van der Waals surface area contributed by atoms with E-state index >= 15 is 0 Å². The van der Waals surface area contributed by atoms with Crippen LogP contribution in [0.2, 0.25) is 0 Å². The zero-order chi connectivity index (χ0) is 12.2. The van der Waals surface area contributed by atoms with Gasteiger partial charge in [0.15, 0.2) is 0 Å². The lowest BCUT2D eigenvalue weighted by Crippen LogP contribution is -2.44. The van der Waals surface area contributed by atoms with E-state index in [0.717, 1.165) is 0 Å². The maximum atomic E-state index is 12.4. The Labute approximate surface area is 93.8 Å². The Kier molecular flexibility index (Phi) is 4.77. The number of ketones is 1. The largest absolute Gasteiger partial charge is 0.401 e. The highest BCUT2D eigenvalue weighted by Gasteiger charge is 2.34. The van der Waals surface area contributed by atoms with Crippen LogP contribution in [0.5, 0.6) is 0 Å². The minimum absolute atomic E-state index is 0.0701. The molecule has 5 heteroatoms. The van der Waals surface area contributed by atoms with Crippen LogP contribution in [0.1, 0.15) is 39.0 Å². The van der Waals surface area contributed by atoms with Crippen molar-refractivity contribution in [3.8, 4) is 0 Å². The van der Waals surface area contributed by atoms with Gasteiger partial charge in [0.2, 0.25) is 0 Å². The van der Waals surface area contributed by atoms with E-state index in [0.29, 0.717) is 38.6 Å². The second kappa shape index (κ2) is 5.66. The van der Waals surface area contributed by atoms with Gasteiger partial charge in [-0.2, -0.15) is 13.2 Å². The van der Waals surface area contributed by atoms with E-state index in [-0.39, 0.29) is 11.8 Å². The van der Waals surface area contributed by atoms with E-state index in [1.165, 1.54) is 4.90 Å². The number of Topliss-reactive ketones (excluding diaryl/α,β-unsaturated/α-hetero) is 1. The van der Waals surface area contributed by atoms with Crippen LogP contribution in [-0.4, -0.2) is 36.0 Å². The van der Waals surface area contributed by atoms with E-state index in [1.54, 1.807) is 0 Å². The molecule has 0 aromatic heterocycles. The van der Waals surface area contributed by atoms with Gasteiger partial charge in [-0.25, -0.2) is 0 Å². The molecule has 0 spiro atoms. The van der Waals surface area contributed by atoms with Gasteiger partial charge in [-0.05, 0) is 25.8 Å². The molecule has 94 valence electrons. The lowest BCUT2D eigenvalue weighted by molar-refractivity contribution is -0.152. The first-order chi connectivity index (χ1) is 7.42. The average molecular weight is 237 g/mol. The quantitative estimate of drug-likeness (QED) is 0.749. The summed E-state index contributed by atoms with van der Waals surface area (Å²) in [4.78, 5) is 12.5. The minimum atomic E-state index is -4.14. The zero-order valence-corrected chi connectivity index (χ0v) is 9.52. The number of halogens is 3. The second-order valence-electron chi connectivity index (χ2n) is 4.36. The highest BCUT2D eigenvalue weighted by atomic mass is 19.4. The van der Waals surface area contributed by atoms with Crippen molar-refractivity contribution in [2.45, 2.75) is 51.2 Å². The number of nitrogens with zero attached hydrogens (tertiary/aromatic N) is 1. The van der Waals surface area contributed by atoms with Crippen molar-refractivity contribution in [3.63, 3.8) is 0 Å². The summed E-state index contributed by atoms with van der Waals surface area (Å²) in [6.45, 7) is 1.48. The minimum Gasteiger partial charge on any atom is -0.300 e. The summed E-state index contributed by atoms with van der Waals surface area (Å²) in [6, 6.07) is -0.0701. The highest BCUT2D eigenvalue weighted by molar-refractivity contribution is 5.79. The normalized spacial score (nSPS) is 19.4. The van der Waals surface area contributed by atoms with Crippen LogP contribution < -0.4 is 0 Å². The van der Waals surface area contributed by atoms with Crippen molar-refractivity contribution in [2.24, 2.45) is 0 Å². The van der Waals surface area contributed by atoms with Crippen LogP contribution in [0.25, 0.3) is 0 Å². The summed E-state index contributed by atoms with van der Waals surface area (Å²) < 4.78 is 37.1. The number of carbonyl (C=O) groups excluding carboxylic acids is 1. The Balaban J connectivity index is 2.52. The fraction of sp³-hybridized carbons (Fsp3) is 0.909. The lowest BCUT2D eigenvalue weighted by atomic mass is 9.93. The topological polar surface area (TPSA) is 20.3 Å². The first-order valence-electron chi connectivity index (χ1n) is 5.75. The zero-order valence-electron chi connectivity index (χ0n) is 9.52. The van der Waals surface area contributed by atoms with Gasteiger partial charge in [-0.1, -0.05) is 6.92 Å². The predicted molar refractivity (Wildman–Crippen MR) is 55.2 cm³/mol. The van der Waals surface area contributed by atoms with Crippen molar-refractivity contribution in [2.75, 3.05) is 13.1 Å². The molecule has 1 aliphatic rings. The molecule has 1 aliphatic carbocycles. The number of alkyl halides is 3. The number of hydrogen-bond acceptors (Lipinski definition) is 2. The molecule has 0 unspecified atom stereocenters. The molecule has 0 amide bonds. The molecule has 1 saturated carbocycles. The molecule has 0 saturated heterocycles. The molecular formula is C11H18F3NO. The third-order valence-electron chi connectivity index (χ3n) is 2.92. The molecular weight excluding hydrogens is 219 g/mol. The van der Waals surface area contributed by atoms with E-state index in [2.05, 4.69) is 0 Å². The van der Waals surface area contributed by atoms with Crippen LogP contribution in [0.15, 0.2) is 0 Å². The van der Waals surface area contributed by atoms with Crippen LogP contribution in [0, 0.1) is 0 Å². The summed E-state index contributed by atoms with van der Waals surface area (Å²) in [7, 11) is 0. The highest BCUT2D eigenvalue weighted by Crippen LogP contribution is 2.25. The summed E-state index contributed by atoms with van der Waals surface area (Å²) in [5.41, 5.74) is 0. The van der Waals surface area contributed by atoms with Gasteiger partial charge < -0.3 is 0 Å². The first kappa shape index (κ1) is 13.5. The van der Waals surface area contributed by atoms with Crippen molar-refractivity contribution < 1.29 is 18.0 Å². The van der Waals surface area contributed by atoms with Gasteiger partial charge in [0.05, 0.1) is 6.54 Å². The van der Waals surface area contributed by atoms with Gasteiger partial charge in [-0.15, -0.1) is 0 Å².